The van der Waals surface area contributed by atoms with Crippen molar-refractivity contribution in [2.75, 3.05) is 26.2 Å². The van der Waals surface area contributed by atoms with Crippen LogP contribution in [0.1, 0.15) is 33.1 Å². The quantitative estimate of drug-likeness (QED) is 0.741. The van der Waals surface area contributed by atoms with Crippen molar-refractivity contribution in [2.45, 2.75) is 39.2 Å². The van der Waals surface area contributed by atoms with Crippen LogP contribution in [0.4, 0.5) is 0 Å². The summed E-state index contributed by atoms with van der Waals surface area (Å²) in [7, 11) is 0. The zero-order valence-corrected chi connectivity index (χ0v) is 10.4. The summed E-state index contributed by atoms with van der Waals surface area (Å²) >= 11 is 0. The first kappa shape index (κ1) is 13.5. The Morgan fingerprint density at radius 3 is 2.94 bits per heavy atom. The minimum atomic E-state index is -0.705. The lowest BCUT2D eigenvalue weighted by atomic mass is 10.1. The molecule has 0 aromatic heterocycles. The van der Waals surface area contributed by atoms with E-state index in [0.29, 0.717) is 5.92 Å². The molecule has 0 radical (unpaired) electrons. The fraction of sp³-hybridized carbons (Fsp3) is 0.917. The van der Waals surface area contributed by atoms with Crippen molar-refractivity contribution in [3.05, 3.63) is 0 Å². The Morgan fingerprint density at radius 1 is 1.56 bits per heavy atom. The summed E-state index contributed by atoms with van der Waals surface area (Å²) < 4.78 is 0. The van der Waals surface area contributed by atoms with Gasteiger partial charge in [0.25, 0.3) is 0 Å². The summed E-state index contributed by atoms with van der Waals surface area (Å²) in [5.74, 6) is 0.0114. The highest BCUT2D eigenvalue weighted by atomic mass is 16.4. The van der Waals surface area contributed by atoms with Gasteiger partial charge in [0.2, 0.25) is 0 Å². The van der Waals surface area contributed by atoms with Crippen LogP contribution < -0.4 is 5.32 Å². The number of carbonyl (C=O) groups is 1. The van der Waals surface area contributed by atoms with Crippen LogP contribution in [0, 0.1) is 5.92 Å². The van der Waals surface area contributed by atoms with E-state index in [2.05, 4.69) is 24.1 Å². The molecule has 0 aliphatic carbocycles. The Kier molecular flexibility index (Phi) is 5.77. The molecule has 16 heavy (non-hydrogen) atoms. The van der Waals surface area contributed by atoms with Crippen LogP contribution >= 0.6 is 0 Å². The van der Waals surface area contributed by atoms with Gasteiger partial charge in [0.05, 0.1) is 6.42 Å². The van der Waals surface area contributed by atoms with Gasteiger partial charge in [-0.1, -0.05) is 13.8 Å². The zero-order chi connectivity index (χ0) is 12.0. The first-order valence-electron chi connectivity index (χ1n) is 6.25. The highest BCUT2D eigenvalue weighted by Crippen LogP contribution is 2.07. The number of hydrogen-bond acceptors (Lipinski definition) is 3. The third-order valence-corrected chi connectivity index (χ3v) is 3.01. The largest absolute Gasteiger partial charge is 0.481 e. The van der Waals surface area contributed by atoms with Crippen LogP contribution in [0.15, 0.2) is 0 Å². The second kappa shape index (κ2) is 6.86. The molecule has 1 atom stereocenters. The Bertz CT molecular complexity index is 219. The van der Waals surface area contributed by atoms with Gasteiger partial charge >= 0.3 is 5.97 Å². The van der Waals surface area contributed by atoms with Crippen molar-refractivity contribution in [3.63, 3.8) is 0 Å². The van der Waals surface area contributed by atoms with Gasteiger partial charge in [0, 0.05) is 12.6 Å². The molecule has 0 aromatic rings. The average Bonchev–Trinajstić information content (AvgIpc) is 2.39. The highest BCUT2D eigenvalue weighted by molar-refractivity contribution is 5.67. The van der Waals surface area contributed by atoms with Crippen molar-refractivity contribution >= 4 is 5.97 Å². The summed E-state index contributed by atoms with van der Waals surface area (Å²) in [6.07, 6.45) is 2.55. The Morgan fingerprint density at radius 2 is 2.31 bits per heavy atom. The first-order chi connectivity index (χ1) is 7.58. The summed E-state index contributed by atoms with van der Waals surface area (Å²) in [6.45, 7) is 8.45. The molecule has 0 amide bonds. The predicted molar refractivity (Wildman–Crippen MR) is 64.6 cm³/mol. The van der Waals surface area contributed by atoms with Crippen molar-refractivity contribution in [3.8, 4) is 0 Å². The van der Waals surface area contributed by atoms with Crippen molar-refractivity contribution in [2.24, 2.45) is 5.92 Å². The Balaban J connectivity index is 2.36. The maximum absolute atomic E-state index is 10.7. The molecular formula is C12H24N2O2. The number of rotatable bonds is 5. The van der Waals surface area contributed by atoms with Crippen LogP contribution in [0.25, 0.3) is 0 Å². The van der Waals surface area contributed by atoms with E-state index in [9.17, 15) is 4.79 Å². The van der Waals surface area contributed by atoms with E-state index < -0.39 is 5.97 Å². The zero-order valence-electron chi connectivity index (χ0n) is 10.4. The molecule has 1 aliphatic rings. The van der Waals surface area contributed by atoms with Crippen molar-refractivity contribution in [1.82, 2.24) is 10.2 Å². The molecule has 0 saturated carbocycles. The van der Waals surface area contributed by atoms with E-state index in [0.717, 1.165) is 32.6 Å². The van der Waals surface area contributed by atoms with Gasteiger partial charge in [-0.25, -0.2) is 0 Å². The second-order valence-corrected chi connectivity index (χ2v) is 5.09. The van der Waals surface area contributed by atoms with Gasteiger partial charge in [0.1, 0.15) is 0 Å². The molecule has 0 bridgehead atoms. The molecule has 1 aliphatic heterocycles. The van der Waals surface area contributed by atoms with Gasteiger partial charge < -0.3 is 15.3 Å². The van der Waals surface area contributed by atoms with Crippen molar-refractivity contribution in [1.29, 1.82) is 0 Å². The van der Waals surface area contributed by atoms with E-state index in [-0.39, 0.29) is 12.5 Å². The fourth-order valence-corrected chi connectivity index (χ4v) is 2.07. The molecule has 94 valence electrons. The van der Waals surface area contributed by atoms with E-state index in [1.165, 1.54) is 6.42 Å². The number of carboxylic acid groups (broad SMARTS) is 1. The minimum absolute atomic E-state index is 0.118. The monoisotopic (exact) mass is 228 g/mol. The smallest absolute Gasteiger partial charge is 0.304 e. The Labute approximate surface area is 98.0 Å². The summed E-state index contributed by atoms with van der Waals surface area (Å²) in [5.41, 5.74) is 0. The maximum atomic E-state index is 10.7. The van der Waals surface area contributed by atoms with Crippen LogP contribution in [0.3, 0.4) is 0 Å². The van der Waals surface area contributed by atoms with E-state index in [4.69, 9.17) is 5.11 Å². The lowest BCUT2D eigenvalue weighted by Crippen LogP contribution is -2.39. The SMILES string of the molecule is CC(C)CCN1CCCNC(CC(=O)O)C1. The maximum Gasteiger partial charge on any atom is 0.304 e. The van der Waals surface area contributed by atoms with Crippen LogP contribution in [-0.4, -0.2) is 48.2 Å². The molecule has 1 saturated heterocycles. The third-order valence-electron chi connectivity index (χ3n) is 3.01. The lowest BCUT2D eigenvalue weighted by molar-refractivity contribution is -0.137. The molecule has 4 heteroatoms. The average molecular weight is 228 g/mol. The predicted octanol–water partition coefficient (Wildman–Crippen LogP) is 1.17. The van der Waals surface area contributed by atoms with Crippen LogP contribution in [0.5, 0.6) is 0 Å². The molecule has 1 unspecified atom stereocenters. The lowest BCUT2D eigenvalue weighted by Gasteiger charge is -2.24. The number of carboxylic acids is 1. The second-order valence-electron chi connectivity index (χ2n) is 5.09. The molecule has 0 spiro atoms. The number of nitrogens with zero attached hydrogens (tertiary/aromatic N) is 1. The molecule has 4 nitrogen and oxygen atoms in total. The van der Waals surface area contributed by atoms with Gasteiger partial charge in [-0.15, -0.1) is 0 Å². The molecule has 2 N–H and O–H groups in total. The number of hydrogen-bond donors (Lipinski definition) is 2. The molecule has 1 rings (SSSR count). The van der Waals surface area contributed by atoms with E-state index in [1.54, 1.807) is 0 Å². The normalized spacial score (nSPS) is 23.3. The van der Waals surface area contributed by atoms with Gasteiger partial charge in [0.15, 0.2) is 0 Å². The summed E-state index contributed by atoms with van der Waals surface area (Å²) in [6, 6.07) is 0.118. The molecule has 1 heterocycles. The number of nitrogens with one attached hydrogen (secondary N) is 1. The van der Waals surface area contributed by atoms with Crippen LogP contribution in [-0.2, 0) is 4.79 Å². The van der Waals surface area contributed by atoms with Gasteiger partial charge in [-0.2, -0.15) is 0 Å². The third kappa shape index (κ3) is 5.47. The molecular weight excluding hydrogens is 204 g/mol. The highest BCUT2D eigenvalue weighted by Gasteiger charge is 2.19. The first-order valence-corrected chi connectivity index (χ1v) is 6.25. The molecule has 1 fully saturated rings. The van der Waals surface area contributed by atoms with E-state index >= 15 is 0 Å². The Hall–Kier alpha value is -0.610. The minimum Gasteiger partial charge on any atom is -0.481 e. The number of aliphatic carboxylic acids is 1. The summed E-state index contributed by atoms with van der Waals surface area (Å²) in [4.78, 5) is 13.1. The van der Waals surface area contributed by atoms with Crippen LogP contribution in [0.2, 0.25) is 0 Å². The fourth-order valence-electron chi connectivity index (χ4n) is 2.07. The van der Waals surface area contributed by atoms with Crippen molar-refractivity contribution < 1.29 is 9.90 Å². The standard InChI is InChI=1S/C12H24N2O2/c1-10(2)4-7-14-6-3-5-13-11(9-14)8-12(15)16/h10-11,13H,3-9H2,1-2H3,(H,15,16). The summed E-state index contributed by atoms with van der Waals surface area (Å²) in [5, 5.41) is 12.1. The van der Waals surface area contributed by atoms with E-state index in [1.807, 2.05) is 0 Å². The van der Waals surface area contributed by atoms with Gasteiger partial charge in [-0.3, -0.25) is 4.79 Å². The molecule has 0 aromatic carbocycles. The topological polar surface area (TPSA) is 52.6 Å². The van der Waals surface area contributed by atoms with Gasteiger partial charge in [-0.05, 0) is 38.4 Å².